The predicted molar refractivity (Wildman–Crippen MR) is 64.8 cm³/mol. The Bertz CT molecular complexity index is 378. The number of aryl methyl sites for hydroxylation is 1. The second kappa shape index (κ2) is 4.10. The Morgan fingerprint density at radius 2 is 2.12 bits per heavy atom. The lowest BCUT2D eigenvalue weighted by atomic mass is 9.90. The summed E-state index contributed by atoms with van der Waals surface area (Å²) in [5.74, 6) is 1.35. The third kappa shape index (κ3) is 2.38. The average Bonchev–Trinajstić information content (AvgIpc) is 3.00. The van der Waals surface area contributed by atoms with Gasteiger partial charge in [-0.2, -0.15) is 0 Å². The molecule has 1 fully saturated rings. The van der Waals surface area contributed by atoms with Gasteiger partial charge < -0.3 is 9.84 Å². The minimum Gasteiger partial charge on any atom is -0.496 e. The van der Waals surface area contributed by atoms with Crippen molar-refractivity contribution in [3.63, 3.8) is 0 Å². The summed E-state index contributed by atoms with van der Waals surface area (Å²) < 4.78 is 5.34. The van der Waals surface area contributed by atoms with E-state index in [2.05, 4.69) is 13.0 Å². The number of hydrogen-bond donors (Lipinski definition) is 1. The van der Waals surface area contributed by atoms with Crippen LogP contribution in [0.25, 0.3) is 0 Å². The molecule has 2 nitrogen and oxygen atoms in total. The molecular formula is C14H20O2. The molecule has 0 radical (unpaired) electrons. The van der Waals surface area contributed by atoms with E-state index >= 15 is 0 Å². The maximum absolute atomic E-state index is 10.4. The molecule has 0 heterocycles. The van der Waals surface area contributed by atoms with Gasteiger partial charge in [0.1, 0.15) is 5.75 Å². The Kier molecular flexibility index (Phi) is 2.94. The summed E-state index contributed by atoms with van der Waals surface area (Å²) in [6.07, 6.45) is 2.99. The predicted octanol–water partition coefficient (Wildman–Crippen LogP) is 2.71. The van der Waals surface area contributed by atoms with Crippen LogP contribution in [0.4, 0.5) is 0 Å². The molecule has 1 N–H and O–H groups in total. The van der Waals surface area contributed by atoms with Gasteiger partial charge in [0.05, 0.1) is 12.7 Å². The first-order chi connectivity index (χ1) is 7.53. The third-order valence-electron chi connectivity index (χ3n) is 3.44. The molecule has 0 spiro atoms. The smallest absolute Gasteiger partial charge is 0.122 e. The van der Waals surface area contributed by atoms with Crippen LogP contribution in [-0.2, 0) is 6.42 Å². The molecule has 1 saturated carbocycles. The van der Waals surface area contributed by atoms with Gasteiger partial charge in [-0.1, -0.05) is 17.7 Å². The quantitative estimate of drug-likeness (QED) is 0.845. The summed E-state index contributed by atoms with van der Waals surface area (Å²) in [4.78, 5) is 0. The Morgan fingerprint density at radius 3 is 2.69 bits per heavy atom. The van der Waals surface area contributed by atoms with Crippen LogP contribution in [0.1, 0.15) is 30.9 Å². The summed E-state index contributed by atoms with van der Waals surface area (Å²) in [6, 6.07) is 6.12. The first kappa shape index (κ1) is 11.5. The Labute approximate surface area is 97.3 Å². The Morgan fingerprint density at radius 1 is 1.44 bits per heavy atom. The second-order valence-corrected chi connectivity index (χ2v) is 5.12. The van der Waals surface area contributed by atoms with Crippen molar-refractivity contribution in [1.29, 1.82) is 0 Å². The van der Waals surface area contributed by atoms with Gasteiger partial charge in [0.25, 0.3) is 0 Å². The van der Waals surface area contributed by atoms with Gasteiger partial charge in [-0.15, -0.1) is 0 Å². The average molecular weight is 220 g/mol. The van der Waals surface area contributed by atoms with Crippen LogP contribution < -0.4 is 4.74 Å². The van der Waals surface area contributed by atoms with Crippen molar-refractivity contribution in [2.75, 3.05) is 7.11 Å². The van der Waals surface area contributed by atoms with Gasteiger partial charge in [-0.3, -0.25) is 0 Å². The highest BCUT2D eigenvalue weighted by Crippen LogP contribution is 2.42. The van der Waals surface area contributed by atoms with Crippen molar-refractivity contribution in [1.82, 2.24) is 0 Å². The van der Waals surface area contributed by atoms with E-state index < -0.39 is 5.60 Å². The molecular weight excluding hydrogens is 200 g/mol. The highest BCUT2D eigenvalue weighted by molar-refractivity contribution is 5.38. The number of rotatable bonds is 4. The van der Waals surface area contributed by atoms with Crippen molar-refractivity contribution < 1.29 is 9.84 Å². The van der Waals surface area contributed by atoms with Crippen molar-refractivity contribution >= 4 is 0 Å². The monoisotopic (exact) mass is 220 g/mol. The van der Waals surface area contributed by atoms with Crippen LogP contribution in [-0.4, -0.2) is 17.8 Å². The van der Waals surface area contributed by atoms with E-state index in [9.17, 15) is 5.11 Å². The number of hydrogen-bond acceptors (Lipinski definition) is 2. The maximum atomic E-state index is 10.4. The van der Waals surface area contributed by atoms with Crippen LogP contribution in [0, 0.1) is 12.8 Å². The van der Waals surface area contributed by atoms with Gasteiger partial charge >= 0.3 is 0 Å². The van der Waals surface area contributed by atoms with Crippen molar-refractivity contribution in [3.05, 3.63) is 29.3 Å². The normalized spacial score (nSPS) is 19.2. The fourth-order valence-electron chi connectivity index (χ4n) is 2.28. The van der Waals surface area contributed by atoms with E-state index in [1.54, 1.807) is 7.11 Å². The zero-order valence-electron chi connectivity index (χ0n) is 10.3. The molecule has 1 aromatic rings. The maximum Gasteiger partial charge on any atom is 0.122 e. The fourth-order valence-corrected chi connectivity index (χ4v) is 2.28. The molecule has 1 aromatic carbocycles. The van der Waals surface area contributed by atoms with Crippen LogP contribution >= 0.6 is 0 Å². The van der Waals surface area contributed by atoms with Gasteiger partial charge in [-0.25, -0.2) is 0 Å². The summed E-state index contributed by atoms with van der Waals surface area (Å²) in [7, 11) is 1.68. The van der Waals surface area contributed by atoms with E-state index in [1.165, 1.54) is 5.56 Å². The van der Waals surface area contributed by atoms with Gasteiger partial charge in [0, 0.05) is 6.42 Å². The molecule has 0 saturated heterocycles. The lowest BCUT2D eigenvalue weighted by molar-refractivity contribution is 0.0366. The molecule has 88 valence electrons. The van der Waals surface area contributed by atoms with E-state index in [4.69, 9.17) is 4.74 Å². The molecule has 1 aliphatic rings. The van der Waals surface area contributed by atoms with E-state index in [-0.39, 0.29) is 0 Å². The molecule has 2 heteroatoms. The summed E-state index contributed by atoms with van der Waals surface area (Å²) in [5, 5.41) is 10.4. The topological polar surface area (TPSA) is 29.5 Å². The van der Waals surface area contributed by atoms with Crippen molar-refractivity contribution in [2.24, 2.45) is 5.92 Å². The van der Waals surface area contributed by atoms with Crippen LogP contribution in [0.2, 0.25) is 0 Å². The fraction of sp³-hybridized carbons (Fsp3) is 0.571. The minimum atomic E-state index is -0.582. The molecule has 0 amide bonds. The third-order valence-corrected chi connectivity index (χ3v) is 3.44. The van der Waals surface area contributed by atoms with Crippen molar-refractivity contribution in [2.45, 2.75) is 38.7 Å². The highest BCUT2D eigenvalue weighted by atomic mass is 16.5. The van der Waals surface area contributed by atoms with Crippen LogP contribution in [0.15, 0.2) is 18.2 Å². The zero-order chi connectivity index (χ0) is 11.8. The van der Waals surface area contributed by atoms with Gasteiger partial charge in [0.2, 0.25) is 0 Å². The molecule has 0 bridgehead atoms. The standard InChI is InChI=1S/C14H20O2/c1-10-4-7-13(16-3)11(8-10)9-14(2,15)12-5-6-12/h4,7-8,12,15H,5-6,9H2,1-3H3. The number of ether oxygens (including phenoxy) is 1. The molecule has 0 aromatic heterocycles. The summed E-state index contributed by atoms with van der Waals surface area (Å²) >= 11 is 0. The van der Waals surface area contributed by atoms with Gasteiger partial charge in [0.15, 0.2) is 0 Å². The molecule has 16 heavy (non-hydrogen) atoms. The molecule has 1 aliphatic carbocycles. The van der Waals surface area contributed by atoms with Crippen LogP contribution in [0.5, 0.6) is 5.75 Å². The van der Waals surface area contributed by atoms with Gasteiger partial charge in [-0.05, 0) is 44.2 Å². The zero-order valence-corrected chi connectivity index (χ0v) is 10.3. The second-order valence-electron chi connectivity index (χ2n) is 5.12. The Hall–Kier alpha value is -1.02. The first-order valence-corrected chi connectivity index (χ1v) is 5.89. The summed E-state index contributed by atoms with van der Waals surface area (Å²) in [5.41, 5.74) is 1.74. The lowest BCUT2D eigenvalue weighted by Gasteiger charge is -2.24. The molecule has 2 rings (SSSR count). The number of benzene rings is 1. The lowest BCUT2D eigenvalue weighted by Crippen LogP contribution is -2.30. The molecule has 1 unspecified atom stereocenters. The largest absolute Gasteiger partial charge is 0.496 e. The van der Waals surface area contributed by atoms with Crippen molar-refractivity contribution in [3.8, 4) is 5.75 Å². The Balaban J connectivity index is 2.21. The molecule has 1 atom stereocenters. The van der Waals surface area contributed by atoms with Crippen LogP contribution in [0.3, 0.4) is 0 Å². The molecule has 0 aliphatic heterocycles. The van der Waals surface area contributed by atoms with E-state index in [0.717, 1.165) is 24.2 Å². The summed E-state index contributed by atoms with van der Waals surface area (Å²) in [6.45, 7) is 4.00. The highest BCUT2D eigenvalue weighted by Gasteiger charge is 2.40. The SMILES string of the molecule is COc1ccc(C)cc1CC(C)(O)C1CC1. The number of methoxy groups -OCH3 is 1. The first-order valence-electron chi connectivity index (χ1n) is 5.89. The number of aliphatic hydroxyl groups is 1. The van der Waals surface area contributed by atoms with E-state index in [0.29, 0.717) is 12.3 Å². The van der Waals surface area contributed by atoms with E-state index in [1.807, 2.05) is 19.1 Å². The minimum absolute atomic E-state index is 0.470.